The lowest BCUT2D eigenvalue weighted by Crippen LogP contribution is -2.34. The summed E-state index contributed by atoms with van der Waals surface area (Å²) >= 11 is 0. The van der Waals surface area contributed by atoms with E-state index in [-0.39, 0.29) is 29.5 Å². The molecule has 0 saturated carbocycles. The number of carbonyl (C=O) groups is 3. The molecule has 1 aliphatic rings. The number of ether oxygens (including phenoxy) is 1. The molecule has 0 unspecified atom stereocenters. The highest BCUT2D eigenvalue weighted by atomic mass is 16.5. The molecule has 0 heterocycles. The van der Waals surface area contributed by atoms with Gasteiger partial charge in [0.05, 0.1) is 11.1 Å². The summed E-state index contributed by atoms with van der Waals surface area (Å²) in [5.74, 6) is -1.22. The van der Waals surface area contributed by atoms with Crippen LogP contribution >= 0.6 is 0 Å². The minimum atomic E-state index is -0.679. The summed E-state index contributed by atoms with van der Waals surface area (Å²) in [5.41, 5.74) is 2.39. The molecule has 0 saturated heterocycles. The van der Waals surface area contributed by atoms with Gasteiger partial charge in [0.2, 0.25) is 0 Å². The van der Waals surface area contributed by atoms with Crippen LogP contribution in [-0.2, 0) is 16.1 Å². The Morgan fingerprint density at radius 2 is 1.65 bits per heavy atom. The highest BCUT2D eigenvalue weighted by molar-refractivity contribution is 6.05. The lowest BCUT2D eigenvalue weighted by molar-refractivity contribution is -0.132. The number of esters is 1. The maximum Gasteiger partial charge on any atom is 0.339 e. The molecule has 0 aromatic heterocycles. The van der Waals surface area contributed by atoms with Crippen LogP contribution in [0.25, 0.3) is 0 Å². The Morgan fingerprint density at radius 3 is 2.29 bits per heavy atom. The van der Waals surface area contributed by atoms with Crippen molar-refractivity contribution in [3.63, 3.8) is 0 Å². The third-order valence-electron chi connectivity index (χ3n) is 5.29. The van der Waals surface area contributed by atoms with Crippen molar-refractivity contribution >= 4 is 17.8 Å². The number of hydrogen-bond donors (Lipinski definition) is 0. The van der Waals surface area contributed by atoms with Crippen LogP contribution < -0.4 is 0 Å². The van der Waals surface area contributed by atoms with Crippen LogP contribution in [0.4, 0.5) is 0 Å². The molecule has 162 valence electrons. The first-order chi connectivity index (χ1) is 15.0. The van der Waals surface area contributed by atoms with Crippen LogP contribution in [0.1, 0.15) is 52.5 Å². The van der Waals surface area contributed by atoms with Gasteiger partial charge in [0.15, 0.2) is 6.61 Å². The van der Waals surface area contributed by atoms with Gasteiger partial charge in [-0.3, -0.25) is 9.59 Å². The summed E-state index contributed by atoms with van der Waals surface area (Å²) < 4.78 is 5.29. The summed E-state index contributed by atoms with van der Waals surface area (Å²) in [6.45, 7) is 2.49. The number of carbonyl (C=O) groups excluding carboxylic acids is 3. The van der Waals surface area contributed by atoms with Crippen molar-refractivity contribution in [1.29, 1.82) is 0 Å². The zero-order valence-electron chi connectivity index (χ0n) is 18.0. The highest BCUT2D eigenvalue weighted by Gasteiger charge is 2.23. The van der Waals surface area contributed by atoms with Crippen molar-refractivity contribution in [1.82, 2.24) is 9.80 Å². The second kappa shape index (κ2) is 10.6. The Bertz CT molecular complexity index is 968. The molecule has 6 nitrogen and oxygen atoms in total. The molecule has 0 spiro atoms. The third-order valence-corrected chi connectivity index (χ3v) is 5.29. The molecule has 0 atom stereocenters. The van der Waals surface area contributed by atoms with Crippen molar-refractivity contribution in [2.75, 3.05) is 20.2 Å². The van der Waals surface area contributed by atoms with Crippen LogP contribution in [0, 0.1) is 0 Å². The Hall–Kier alpha value is -3.41. The van der Waals surface area contributed by atoms with Crippen molar-refractivity contribution in [3.8, 4) is 0 Å². The van der Waals surface area contributed by atoms with Gasteiger partial charge in [-0.15, -0.1) is 0 Å². The SMILES string of the molecule is CCN(C(=O)COC(=O)c1ccccc1C(=O)N(C)Cc1ccccc1)C1=CCCC1. The van der Waals surface area contributed by atoms with Crippen molar-refractivity contribution in [2.45, 2.75) is 32.7 Å². The van der Waals surface area contributed by atoms with E-state index in [9.17, 15) is 14.4 Å². The monoisotopic (exact) mass is 420 g/mol. The van der Waals surface area contributed by atoms with Gasteiger partial charge in [0, 0.05) is 25.8 Å². The predicted octanol–water partition coefficient (Wildman–Crippen LogP) is 4.03. The molecule has 0 radical (unpaired) electrons. The van der Waals surface area contributed by atoms with E-state index in [0.717, 1.165) is 30.5 Å². The number of amides is 2. The van der Waals surface area contributed by atoms with Crippen molar-refractivity contribution < 1.29 is 19.1 Å². The lowest BCUT2D eigenvalue weighted by atomic mass is 10.1. The number of nitrogens with zero attached hydrogens (tertiary/aromatic N) is 2. The maximum absolute atomic E-state index is 13.0. The predicted molar refractivity (Wildman–Crippen MR) is 118 cm³/mol. The average Bonchev–Trinajstić information content (AvgIpc) is 3.32. The zero-order chi connectivity index (χ0) is 22.2. The molecule has 31 heavy (non-hydrogen) atoms. The van der Waals surface area contributed by atoms with Gasteiger partial charge in [-0.1, -0.05) is 48.5 Å². The van der Waals surface area contributed by atoms with Crippen LogP contribution in [0.5, 0.6) is 0 Å². The molecule has 1 aliphatic carbocycles. The van der Waals surface area contributed by atoms with E-state index in [4.69, 9.17) is 4.74 Å². The van der Waals surface area contributed by atoms with E-state index in [1.54, 1.807) is 41.1 Å². The Balaban J connectivity index is 1.66. The first kappa shape index (κ1) is 22.3. The molecule has 2 aromatic carbocycles. The van der Waals surface area contributed by atoms with Crippen LogP contribution in [-0.4, -0.2) is 47.8 Å². The average molecular weight is 421 g/mol. The minimum absolute atomic E-state index is 0.156. The summed E-state index contributed by atoms with van der Waals surface area (Å²) in [7, 11) is 1.69. The first-order valence-corrected chi connectivity index (χ1v) is 10.6. The van der Waals surface area contributed by atoms with E-state index < -0.39 is 5.97 Å². The number of hydrogen-bond acceptors (Lipinski definition) is 4. The fraction of sp³-hybridized carbons (Fsp3) is 0.320. The summed E-state index contributed by atoms with van der Waals surface area (Å²) in [5, 5.41) is 0. The van der Waals surface area contributed by atoms with Gasteiger partial charge in [-0.05, 0) is 43.9 Å². The summed E-state index contributed by atoms with van der Waals surface area (Å²) in [6.07, 6.45) is 4.91. The Morgan fingerprint density at radius 1 is 0.968 bits per heavy atom. The van der Waals surface area contributed by atoms with Crippen molar-refractivity contribution in [3.05, 3.63) is 83.1 Å². The fourth-order valence-electron chi connectivity index (χ4n) is 3.70. The molecule has 6 heteroatoms. The molecule has 0 aliphatic heterocycles. The molecule has 0 bridgehead atoms. The second-order valence-corrected chi connectivity index (χ2v) is 7.49. The van der Waals surface area contributed by atoms with E-state index >= 15 is 0 Å². The second-order valence-electron chi connectivity index (χ2n) is 7.49. The Labute approximate surface area is 183 Å². The fourth-order valence-corrected chi connectivity index (χ4v) is 3.70. The molecule has 0 N–H and O–H groups in total. The molecule has 2 amide bonds. The number of benzene rings is 2. The van der Waals surface area contributed by atoms with E-state index in [0.29, 0.717) is 13.1 Å². The largest absolute Gasteiger partial charge is 0.452 e. The number of likely N-dealkylation sites (N-methyl/N-ethyl adjacent to an activating group) is 1. The lowest BCUT2D eigenvalue weighted by Gasteiger charge is -2.22. The molecular weight excluding hydrogens is 392 g/mol. The van der Waals surface area contributed by atoms with Gasteiger partial charge < -0.3 is 14.5 Å². The molecular formula is C25H28N2O4. The normalized spacial score (nSPS) is 12.8. The Kier molecular flexibility index (Phi) is 7.60. The topological polar surface area (TPSA) is 66.9 Å². The van der Waals surface area contributed by atoms with Gasteiger partial charge in [-0.2, -0.15) is 0 Å². The number of allylic oxidation sites excluding steroid dienone is 2. The molecule has 3 rings (SSSR count). The first-order valence-electron chi connectivity index (χ1n) is 10.6. The standard InChI is InChI=1S/C25H28N2O4/c1-3-27(20-13-7-8-14-20)23(28)18-31-25(30)22-16-10-9-15-21(22)24(29)26(2)17-19-11-5-4-6-12-19/h4-6,9-13,15-16H,3,7-8,14,17-18H2,1-2H3. The van der Waals surface area contributed by atoms with E-state index in [2.05, 4.69) is 6.08 Å². The minimum Gasteiger partial charge on any atom is -0.452 e. The summed E-state index contributed by atoms with van der Waals surface area (Å²) in [6, 6.07) is 16.2. The van der Waals surface area contributed by atoms with E-state index in [1.807, 2.05) is 37.3 Å². The van der Waals surface area contributed by atoms with Gasteiger partial charge >= 0.3 is 5.97 Å². The van der Waals surface area contributed by atoms with Gasteiger partial charge in [0.1, 0.15) is 0 Å². The highest BCUT2D eigenvalue weighted by Crippen LogP contribution is 2.21. The smallest absolute Gasteiger partial charge is 0.339 e. The third kappa shape index (κ3) is 5.60. The quantitative estimate of drug-likeness (QED) is 0.605. The zero-order valence-corrected chi connectivity index (χ0v) is 18.0. The molecule has 0 fully saturated rings. The van der Waals surface area contributed by atoms with Gasteiger partial charge in [0.25, 0.3) is 11.8 Å². The van der Waals surface area contributed by atoms with Gasteiger partial charge in [-0.25, -0.2) is 4.79 Å². The van der Waals surface area contributed by atoms with Crippen LogP contribution in [0.15, 0.2) is 66.4 Å². The maximum atomic E-state index is 13.0. The van der Waals surface area contributed by atoms with Crippen LogP contribution in [0.3, 0.4) is 0 Å². The van der Waals surface area contributed by atoms with Crippen molar-refractivity contribution in [2.24, 2.45) is 0 Å². The number of rotatable bonds is 8. The van der Waals surface area contributed by atoms with E-state index in [1.165, 1.54) is 0 Å². The van der Waals surface area contributed by atoms with Crippen LogP contribution in [0.2, 0.25) is 0 Å². The summed E-state index contributed by atoms with van der Waals surface area (Å²) in [4.78, 5) is 41.5. The molecule has 2 aromatic rings.